The lowest BCUT2D eigenvalue weighted by atomic mass is 9.78. The number of piperidine rings is 1. The first-order valence-electron chi connectivity index (χ1n) is 8.82. The van der Waals surface area contributed by atoms with Crippen molar-refractivity contribution < 1.29 is 0 Å². The van der Waals surface area contributed by atoms with E-state index >= 15 is 0 Å². The molecular formula is C19H30N2. The lowest BCUT2D eigenvalue weighted by Gasteiger charge is -2.43. The average Bonchev–Trinajstić information content (AvgIpc) is 2.57. The molecule has 0 bridgehead atoms. The number of likely N-dealkylation sites (tertiary alicyclic amines) is 1. The second-order valence-electron chi connectivity index (χ2n) is 6.91. The van der Waals surface area contributed by atoms with Crippen molar-refractivity contribution in [3.05, 3.63) is 35.9 Å². The Labute approximate surface area is 129 Å². The molecule has 2 aliphatic rings. The quantitative estimate of drug-likeness (QED) is 0.909. The summed E-state index contributed by atoms with van der Waals surface area (Å²) in [6.07, 6.45) is 8.36. The summed E-state index contributed by atoms with van der Waals surface area (Å²) in [5, 5.41) is 3.35. The zero-order valence-electron chi connectivity index (χ0n) is 13.4. The molecule has 0 radical (unpaired) electrons. The molecule has 21 heavy (non-hydrogen) atoms. The smallest absolute Gasteiger partial charge is 0.0164 e. The zero-order valence-corrected chi connectivity index (χ0v) is 13.4. The summed E-state index contributed by atoms with van der Waals surface area (Å²) < 4.78 is 0. The van der Waals surface area contributed by atoms with Gasteiger partial charge in [0.15, 0.2) is 0 Å². The van der Waals surface area contributed by atoms with Crippen LogP contribution >= 0.6 is 0 Å². The molecule has 2 unspecified atom stereocenters. The Bertz CT molecular complexity index is 409. The van der Waals surface area contributed by atoms with E-state index in [0.717, 1.165) is 17.9 Å². The Morgan fingerprint density at radius 2 is 1.71 bits per heavy atom. The van der Waals surface area contributed by atoms with Gasteiger partial charge >= 0.3 is 0 Å². The van der Waals surface area contributed by atoms with Crippen molar-refractivity contribution in [2.75, 3.05) is 26.7 Å². The molecule has 2 heteroatoms. The van der Waals surface area contributed by atoms with E-state index in [1.165, 1.54) is 58.2 Å². The number of benzene rings is 1. The second kappa shape index (κ2) is 7.42. The molecule has 1 saturated carbocycles. The van der Waals surface area contributed by atoms with Gasteiger partial charge in [-0.3, -0.25) is 4.90 Å². The second-order valence-corrected chi connectivity index (χ2v) is 6.91. The van der Waals surface area contributed by atoms with Gasteiger partial charge in [0.2, 0.25) is 0 Å². The molecule has 2 nitrogen and oxygen atoms in total. The monoisotopic (exact) mass is 286 g/mol. The maximum absolute atomic E-state index is 3.35. The van der Waals surface area contributed by atoms with Crippen LogP contribution in [0.2, 0.25) is 0 Å². The van der Waals surface area contributed by atoms with Crippen LogP contribution in [0.4, 0.5) is 0 Å². The molecule has 2 fully saturated rings. The van der Waals surface area contributed by atoms with E-state index in [9.17, 15) is 0 Å². The molecule has 1 aromatic carbocycles. The van der Waals surface area contributed by atoms with Gasteiger partial charge in [-0.15, -0.1) is 0 Å². The van der Waals surface area contributed by atoms with Crippen molar-refractivity contribution >= 4 is 0 Å². The minimum Gasteiger partial charge on any atom is -0.319 e. The SMILES string of the molecule is CNCC1CCN(C2CCCCC2c2ccccc2)CC1. The molecule has 0 aromatic heterocycles. The summed E-state index contributed by atoms with van der Waals surface area (Å²) in [6, 6.07) is 12.0. The Hall–Kier alpha value is -0.860. The Balaban J connectivity index is 1.65. The number of rotatable bonds is 4. The van der Waals surface area contributed by atoms with Gasteiger partial charge in [-0.05, 0) is 69.8 Å². The normalized spacial score (nSPS) is 28.6. The van der Waals surface area contributed by atoms with E-state index in [-0.39, 0.29) is 0 Å². The van der Waals surface area contributed by atoms with Crippen molar-refractivity contribution in [1.29, 1.82) is 0 Å². The van der Waals surface area contributed by atoms with Crippen LogP contribution in [-0.4, -0.2) is 37.6 Å². The predicted octanol–water partition coefficient (Wildman–Crippen LogP) is 3.64. The first kappa shape index (κ1) is 15.1. The van der Waals surface area contributed by atoms with Gasteiger partial charge in [-0.2, -0.15) is 0 Å². The van der Waals surface area contributed by atoms with E-state index < -0.39 is 0 Å². The highest BCUT2D eigenvalue weighted by Crippen LogP contribution is 2.37. The van der Waals surface area contributed by atoms with Crippen LogP contribution < -0.4 is 5.32 Å². The highest BCUT2D eigenvalue weighted by molar-refractivity contribution is 5.22. The Morgan fingerprint density at radius 1 is 1.00 bits per heavy atom. The van der Waals surface area contributed by atoms with Gasteiger partial charge in [-0.1, -0.05) is 43.2 Å². The first-order chi connectivity index (χ1) is 10.4. The van der Waals surface area contributed by atoms with Crippen molar-refractivity contribution in [3.63, 3.8) is 0 Å². The van der Waals surface area contributed by atoms with Gasteiger partial charge in [0, 0.05) is 6.04 Å². The van der Waals surface area contributed by atoms with Gasteiger partial charge in [0.05, 0.1) is 0 Å². The molecule has 1 saturated heterocycles. The van der Waals surface area contributed by atoms with Crippen LogP contribution in [0.15, 0.2) is 30.3 Å². The van der Waals surface area contributed by atoms with E-state index in [1.807, 2.05) is 0 Å². The third-order valence-corrected chi connectivity index (χ3v) is 5.57. The van der Waals surface area contributed by atoms with Crippen molar-refractivity contribution in [2.45, 2.75) is 50.5 Å². The van der Waals surface area contributed by atoms with Crippen LogP contribution in [0, 0.1) is 5.92 Å². The predicted molar refractivity (Wildman–Crippen MR) is 89.7 cm³/mol. The minimum absolute atomic E-state index is 0.765. The van der Waals surface area contributed by atoms with Crippen molar-refractivity contribution in [1.82, 2.24) is 10.2 Å². The van der Waals surface area contributed by atoms with Gasteiger partial charge in [-0.25, -0.2) is 0 Å². The largest absolute Gasteiger partial charge is 0.319 e. The highest BCUT2D eigenvalue weighted by atomic mass is 15.2. The topological polar surface area (TPSA) is 15.3 Å². The average molecular weight is 286 g/mol. The molecule has 1 N–H and O–H groups in total. The molecule has 0 amide bonds. The molecule has 1 aromatic rings. The van der Waals surface area contributed by atoms with E-state index in [0.29, 0.717) is 0 Å². The Kier molecular flexibility index (Phi) is 5.32. The standard InChI is InChI=1S/C19H30N2/c1-20-15-16-11-13-21(14-12-16)19-10-6-5-9-18(19)17-7-3-2-4-8-17/h2-4,7-8,16,18-20H,5-6,9-15H2,1H3. The lowest BCUT2D eigenvalue weighted by molar-refractivity contribution is 0.0924. The molecule has 3 rings (SSSR count). The molecule has 2 atom stereocenters. The third kappa shape index (κ3) is 3.67. The lowest BCUT2D eigenvalue weighted by Crippen LogP contribution is -2.46. The van der Waals surface area contributed by atoms with Crippen LogP contribution in [0.3, 0.4) is 0 Å². The van der Waals surface area contributed by atoms with E-state index in [4.69, 9.17) is 0 Å². The summed E-state index contributed by atoms with van der Waals surface area (Å²) in [6.45, 7) is 3.81. The maximum atomic E-state index is 3.35. The van der Waals surface area contributed by atoms with Crippen LogP contribution in [0.25, 0.3) is 0 Å². The van der Waals surface area contributed by atoms with E-state index in [1.54, 1.807) is 5.56 Å². The van der Waals surface area contributed by atoms with Crippen LogP contribution in [0.5, 0.6) is 0 Å². The zero-order chi connectivity index (χ0) is 14.5. The van der Waals surface area contributed by atoms with E-state index in [2.05, 4.69) is 47.6 Å². The number of hydrogen-bond donors (Lipinski definition) is 1. The fourth-order valence-electron chi connectivity index (χ4n) is 4.41. The highest BCUT2D eigenvalue weighted by Gasteiger charge is 2.33. The molecular weight excluding hydrogens is 256 g/mol. The fourth-order valence-corrected chi connectivity index (χ4v) is 4.41. The fraction of sp³-hybridized carbons (Fsp3) is 0.684. The summed E-state index contributed by atoms with van der Waals surface area (Å²) in [5.41, 5.74) is 1.57. The first-order valence-corrected chi connectivity index (χ1v) is 8.82. The van der Waals surface area contributed by atoms with Crippen molar-refractivity contribution in [3.8, 4) is 0 Å². The summed E-state index contributed by atoms with van der Waals surface area (Å²) >= 11 is 0. The van der Waals surface area contributed by atoms with Gasteiger partial charge < -0.3 is 5.32 Å². The molecule has 1 aliphatic heterocycles. The molecule has 1 heterocycles. The van der Waals surface area contributed by atoms with Gasteiger partial charge in [0.1, 0.15) is 0 Å². The van der Waals surface area contributed by atoms with Crippen LogP contribution in [0.1, 0.15) is 50.0 Å². The minimum atomic E-state index is 0.765. The molecule has 0 spiro atoms. The van der Waals surface area contributed by atoms with Crippen LogP contribution in [-0.2, 0) is 0 Å². The summed E-state index contributed by atoms with van der Waals surface area (Å²) in [7, 11) is 2.08. The summed E-state index contributed by atoms with van der Waals surface area (Å²) in [5.74, 6) is 1.66. The Morgan fingerprint density at radius 3 is 2.43 bits per heavy atom. The molecule has 1 aliphatic carbocycles. The number of nitrogens with zero attached hydrogens (tertiary/aromatic N) is 1. The molecule has 116 valence electrons. The van der Waals surface area contributed by atoms with Gasteiger partial charge in [0.25, 0.3) is 0 Å². The van der Waals surface area contributed by atoms with Crippen molar-refractivity contribution in [2.24, 2.45) is 5.92 Å². The maximum Gasteiger partial charge on any atom is 0.0164 e. The third-order valence-electron chi connectivity index (χ3n) is 5.57. The summed E-state index contributed by atoms with van der Waals surface area (Å²) in [4.78, 5) is 2.81. The number of hydrogen-bond acceptors (Lipinski definition) is 2. The number of nitrogens with one attached hydrogen (secondary N) is 1.